The number of hydrogen-bond donors (Lipinski definition) is 4. The first-order valence-electron chi connectivity index (χ1n) is 6.58. The molecular formula is C13H20O8. The van der Waals surface area contributed by atoms with Gasteiger partial charge in [0.1, 0.15) is 0 Å². The first kappa shape index (κ1) is 18.9. The van der Waals surface area contributed by atoms with Crippen LogP contribution in [0.2, 0.25) is 0 Å². The number of carboxylic acid groups (broad SMARTS) is 4. The Morgan fingerprint density at radius 1 is 0.714 bits per heavy atom. The summed E-state index contributed by atoms with van der Waals surface area (Å²) in [4.78, 5) is 44.7. The van der Waals surface area contributed by atoms with Gasteiger partial charge < -0.3 is 20.4 Å². The summed E-state index contributed by atoms with van der Waals surface area (Å²) in [5.41, 5.74) is 0. The number of carboxylic acids is 4. The highest BCUT2D eigenvalue weighted by atomic mass is 16.4. The van der Waals surface area contributed by atoms with Crippen LogP contribution in [0.15, 0.2) is 0 Å². The smallest absolute Gasteiger partial charge is 0.308 e. The highest BCUT2D eigenvalue weighted by Crippen LogP contribution is 2.31. The third kappa shape index (κ3) is 5.05. The van der Waals surface area contributed by atoms with E-state index in [9.17, 15) is 29.4 Å². The molecule has 4 unspecified atom stereocenters. The van der Waals surface area contributed by atoms with Crippen molar-refractivity contribution in [3.63, 3.8) is 0 Å². The van der Waals surface area contributed by atoms with Crippen molar-refractivity contribution in [1.82, 2.24) is 0 Å². The van der Waals surface area contributed by atoms with Crippen LogP contribution in [0, 0.1) is 23.7 Å². The molecular weight excluding hydrogens is 284 g/mol. The summed E-state index contributed by atoms with van der Waals surface area (Å²) in [6.07, 6.45) is -0.336. The standard InChI is InChI=1S/C13H20O8/c1-3-6(10(14)15)5-8(12(18)19)9(13(20)21)7(4-2)11(16)17/h6-9H,3-5H2,1-2H3,(H,14,15)(H,16,17)(H,18,19)(H,20,21). The lowest BCUT2D eigenvalue weighted by atomic mass is 9.75. The van der Waals surface area contributed by atoms with E-state index >= 15 is 0 Å². The molecule has 0 aromatic carbocycles. The van der Waals surface area contributed by atoms with Crippen molar-refractivity contribution < 1.29 is 39.6 Å². The molecule has 0 rings (SSSR count). The van der Waals surface area contributed by atoms with E-state index in [-0.39, 0.29) is 12.8 Å². The van der Waals surface area contributed by atoms with Crippen LogP contribution in [-0.4, -0.2) is 44.3 Å². The summed E-state index contributed by atoms with van der Waals surface area (Å²) in [6.45, 7) is 2.99. The summed E-state index contributed by atoms with van der Waals surface area (Å²) in [7, 11) is 0. The predicted octanol–water partition coefficient (Wildman–Crippen LogP) is 1.000. The maximum absolute atomic E-state index is 11.3. The molecule has 120 valence electrons. The number of carbonyl (C=O) groups is 4. The Morgan fingerprint density at radius 2 is 1.19 bits per heavy atom. The maximum Gasteiger partial charge on any atom is 0.308 e. The van der Waals surface area contributed by atoms with Gasteiger partial charge in [0.25, 0.3) is 0 Å². The fourth-order valence-electron chi connectivity index (χ4n) is 2.36. The number of hydrogen-bond acceptors (Lipinski definition) is 4. The summed E-state index contributed by atoms with van der Waals surface area (Å²) >= 11 is 0. The zero-order valence-corrected chi connectivity index (χ0v) is 11.9. The van der Waals surface area contributed by atoms with Crippen molar-refractivity contribution in [3.05, 3.63) is 0 Å². The van der Waals surface area contributed by atoms with Crippen LogP contribution in [0.3, 0.4) is 0 Å². The quantitative estimate of drug-likeness (QED) is 0.467. The zero-order valence-electron chi connectivity index (χ0n) is 11.9. The van der Waals surface area contributed by atoms with Gasteiger partial charge >= 0.3 is 23.9 Å². The molecule has 0 aliphatic heterocycles. The lowest BCUT2D eigenvalue weighted by molar-refractivity contribution is -0.163. The molecule has 4 atom stereocenters. The molecule has 8 nitrogen and oxygen atoms in total. The first-order valence-corrected chi connectivity index (χ1v) is 6.58. The molecule has 0 spiro atoms. The average molecular weight is 304 g/mol. The van der Waals surface area contributed by atoms with E-state index in [4.69, 9.17) is 10.2 Å². The third-order valence-electron chi connectivity index (χ3n) is 3.61. The Bertz CT molecular complexity index is 416. The molecule has 0 saturated carbocycles. The largest absolute Gasteiger partial charge is 0.481 e. The summed E-state index contributed by atoms with van der Waals surface area (Å²) < 4.78 is 0. The topological polar surface area (TPSA) is 149 Å². The molecule has 21 heavy (non-hydrogen) atoms. The van der Waals surface area contributed by atoms with E-state index in [2.05, 4.69) is 0 Å². The van der Waals surface area contributed by atoms with Gasteiger partial charge in [-0.15, -0.1) is 0 Å². The van der Waals surface area contributed by atoms with E-state index < -0.39 is 54.0 Å². The van der Waals surface area contributed by atoms with Crippen LogP contribution in [0.4, 0.5) is 0 Å². The lowest BCUT2D eigenvalue weighted by Crippen LogP contribution is -2.40. The predicted molar refractivity (Wildman–Crippen MR) is 69.7 cm³/mol. The van der Waals surface area contributed by atoms with Crippen LogP contribution in [0.1, 0.15) is 33.1 Å². The van der Waals surface area contributed by atoms with Gasteiger partial charge in [0.2, 0.25) is 0 Å². The second-order valence-electron chi connectivity index (χ2n) is 4.84. The minimum absolute atomic E-state index is 0.0556. The van der Waals surface area contributed by atoms with Crippen molar-refractivity contribution >= 4 is 23.9 Å². The minimum atomic E-state index is -1.67. The minimum Gasteiger partial charge on any atom is -0.481 e. The molecule has 0 radical (unpaired) electrons. The fourth-order valence-corrected chi connectivity index (χ4v) is 2.36. The Labute approximate surface area is 121 Å². The van der Waals surface area contributed by atoms with Crippen LogP contribution in [-0.2, 0) is 19.2 Å². The molecule has 0 aromatic heterocycles. The van der Waals surface area contributed by atoms with Gasteiger partial charge in [-0.25, -0.2) is 0 Å². The maximum atomic E-state index is 11.3. The van der Waals surface area contributed by atoms with Crippen molar-refractivity contribution in [2.75, 3.05) is 0 Å². The highest BCUT2D eigenvalue weighted by molar-refractivity contribution is 5.85. The summed E-state index contributed by atoms with van der Waals surface area (Å²) in [5, 5.41) is 36.4. The Balaban J connectivity index is 5.54. The second kappa shape index (κ2) is 8.23. The molecule has 0 amide bonds. The van der Waals surface area contributed by atoms with Crippen molar-refractivity contribution in [2.45, 2.75) is 33.1 Å². The first-order chi connectivity index (χ1) is 9.67. The second-order valence-corrected chi connectivity index (χ2v) is 4.84. The van der Waals surface area contributed by atoms with Gasteiger partial charge in [0.05, 0.1) is 23.7 Å². The highest BCUT2D eigenvalue weighted by Gasteiger charge is 2.43. The average Bonchev–Trinajstić information content (AvgIpc) is 2.36. The van der Waals surface area contributed by atoms with Gasteiger partial charge in [0, 0.05) is 0 Å². The Kier molecular flexibility index (Phi) is 7.40. The Hall–Kier alpha value is -2.12. The van der Waals surface area contributed by atoms with E-state index in [1.807, 2.05) is 0 Å². The monoisotopic (exact) mass is 304 g/mol. The molecule has 4 N–H and O–H groups in total. The van der Waals surface area contributed by atoms with Crippen molar-refractivity contribution in [2.24, 2.45) is 23.7 Å². The van der Waals surface area contributed by atoms with E-state index in [1.54, 1.807) is 6.92 Å². The van der Waals surface area contributed by atoms with Crippen LogP contribution >= 0.6 is 0 Å². The van der Waals surface area contributed by atoms with Crippen molar-refractivity contribution in [1.29, 1.82) is 0 Å². The summed E-state index contributed by atoms with van der Waals surface area (Å²) in [5.74, 6) is -11.3. The molecule has 0 aliphatic rings. The summed E-state index contributed by atoms with van der Waals surface area (Å²) in [6, 6.07) is 0. The molecule has 8 heteroatoms. The van der Waals surface area contributed by atoms with Gasteiger partial charge in [-0.2, -0.15) is 0 Å². The fraction of sp³-hybridized carbons (Fsp3) is 0.692. The third-order valence-corrected chi connectivity index (χ3v) is 3.61. The van der Waals surface area contributed by atoms with Crippen molar-refractivity contribution in [3.8, 4) is 0 Å². The Morgan fingerprint density at radius 3 is 1.43 bits per heavy atom. The molecule has 0 heterocycles. The molecule has 0 bridgehead atoms. The van der Waals surface area contributed by atoms with Crippen LogP contribution in [0.5, 0.6) is 0 Å². The molecule has 0 aliphatic carbocycles. The zero-order chi connectivity index (χ0) is 16.7. The molecule has 0 saturated heterocycles. The van der Waals surface area contributed by atoms with Crippen LogP contribution in [0.25, 0.3) is 0 Å². The lowest BCUT2D eigenvalue weighted by Gasteiger charge is -2.26. The van der Waals surface area contributed by atoms with E-state index in [0.29, 0.717) is 0 Å². The SMILES string of the molecule is CCC(CC(C(=O)O)C(C(=O)O)C(CC)C(=O)O)C(=O)O. The van der Waals surface area contributed by atoms with Crippen LogP contribution < -0.4 is 0 Å². The molecule has 0 aromatic rings. The van der Waals surface area contributed by atoms with Gasteiger partial charge in [0.15, 0.2) is 0 Å². The number of rotatable bonds is 10. The normalized spacial score (nSPS) is 16.5. The van der Waals surface area contributed by atoms with Gasteiger partial charge in [-0.1, -0.05) is 13.8 Å². The van der Waals surface area contributed by atoms with Gasteiger partial charge in [-0.05, 0) is 19.3 Å². The van der Waals surface area contributed by atoms with E-state index in [0.717, 1.165) is 0 Å². The van der Waals surface area contributed by atoms with Gasteiger partial charge in [-0.3, -0.25) is 19.2 Å². The van der Waals surface area contributed by atoms with E-state index in [1.165, 1.54) is 6.92 Å². The number of aliphatic carboxylic acids is 4. The molecule has 0 fully saturated rings.